The predicted molar refractivity (Wildman–Crippen MR) is 76.2 cm³/mol. The highest BCUT2D eigenvalue weighted by atomic mass is 35.5. The van der Waals surface area contributed by atoms with Crippen LogP contribution in [0.25, 0.3) is 0 Å². The lowest BCUT2D eigenvalue weighted by Crippen LogP contribution is -2.12. The Kier molecular flexibility index (Phi) is 8.46. The molecule has 10 heteroatoms. The van der Waals surface area contributed by atoms with Crippen LogP contribution in [0.5, 0.6) is 5.75 Å². The van der Waals surface area contributed by atoms with Crippen LogP contribution in [0.4, 0.5) is 13.2 Å². The number of hydrogen-bond acceptors (Lipinski definition) is 4. The standard InChI is InChI=1S/C9H5Cl2F3N2O2.C2H5Cl/c10-5-1-4(9(12,13)14)2-6(11)8(5)18-7(17)3-16-15;1-2-3/h1-3H,15H2;2H2,1H3. The zero-order valence-electron chi connectivity index (χ0n) is 10.5. The van der Waals surface area contributed by atoms with E-state index in [9.17, 15) is 18.0 Å². The highest BCUT2D eigenvalue weighted by Gasteiger charge is 2.32. The second kappa shape index (κ2) is 8.96. The maximum absolute atomic E-state index is 12.4. The van der Waals surface area contributed by atoms with Gasteiger partial charge in [-0.2, -0.15) is 18.3 Å². The third kappa shape index (κ3) is 6.88. The molecule has 0 amide bonds. The van der Waals surface area contributed by atoms with E-state index in [0.29, 0.717) is 18.3 Å². The highest BCUT2D eigenvalue weighted by molar-refractivity contribution is 6.38. The molecule has 0 aliphatic carbocycles. The average molecular weight is 366 g/mol. The third-order valence-electron chi connectivity index (χ3n) is 1.71. The SMILES string of the molecule is CCCl.NN=CC(=O)Oc1c(Cl)cc(C(F)(F)F)cc1Cl. The van der Waals surface area contributed by atoms with Gasteiger partial charge in [0.05, 0.1) is 15.6 Å². The lowest BCUT2D eigenvalue weighted by Gasteiger charge is -2.11. The average Bonchev–Trinajstić information content (AvgIpc) is 2.33. The van der Waals surface area contributed by atoms with E-state index in [1.165, 1.54) is 0 Å². The van der Waals surface area contributed by atoms with Gasteiger partial charge in [0, 0.05) is 5.88 Å². The molecule has 0 aromatic heterocycles. The number of carbonyl (C=O) groups is 1. The number of benzene rings is 1. The maximum atomic E-state index is 12.4. The minimum atomic E-state index is -4.60. The number of hydrazone groups is 1. The first kappa shape index (κ1) is 19.8. The Morgan fingerprint density at radius 3 is 2.14 bits per heavy atom. The van der Waals surface area contributed by atoms with Gasteiger partial charge in [-0.1, -0.05) is 30.1 Å². The van der Waals surface area contributed by atoms with Gasteiger partial charge in [-0.3, -0.25) is 0 Å². The molecule has 1 aromatic rings. The number of hydrogen-bond donors (Lipinski definition) is 1. The number of halogens is 6. The van der Waals surface area contributed by atoms with E-state index in [-0.39, 0.29) is 0 Å². The monoisotopic (exact) mass is 364 g/mol. The summed E-state index contributed by atoms with van der Waals surface area (Å²) in [6.45, 7) is 1.89. The number of nitrogens with zero attached hydrogens (tertiary/aromatic N) is 1. The number of rotatable bonds is 2. The summed E-state index contributed by atoms with van der Waals surface area (Å²) in [5.74, 6) is 4.01. The Bertz CT molecular complexity index is 499. The van der Waals surface area contributed by atoms with Crippen LogP contribution < -0.4 is 10.6 Å². The summed E-state index contributed by atoms with van der Waals surface area (Å²) < 4.78 is 41.8. The number of carbonyl (C=O) groups excluding carboxylic acids is 1. The minimum Gasteiger partial charge on any atom is -0.419 e. The van der Waals surface area contributed by atoms with Crippen LogP contribution in [0.3, 0.4) is 0 Å². The fourth-order valence-electron chi connectivity index (χ4n) is 1.01. The second-order valence-electron chi connectivity index (χ2n) is 3.23. The Morgan fingerprint density at radius 1 is 1.38 bits per heavy atom. The molecule has 0 saturated heterocycles. The van der Waals surface area contributed by atoms with Crippen molar-refractivity contribution < 1.29 is 22.7 Å². The summed E-state index contributed by atoms with van der Waals surface area (Å²) in [5, 5.41) is 1.98. The van der Waals surface area contributed by atoms with Gasteiger partial charge < -0.3 is 10.6 Å². The molecule has 0 saturated carbocycles. The molecule has 1 aromatic carbocycles. The number of ether oxygens (including phenoxy) is 1. The molecule has 0 aliphatic heterocycles. The van der Waals surface area contributed by atoms with E-state index in [0.717, 1.165) is 5.88 Å². The van der Waals surface area contributed by atoms with Gasteiger partial charge in [0.25, 0.3) is 0 Å². The lowest BCUT2D eigenvalue weighted by molar-refractivity contribution is -0.137. The molecule has 2 N–H and O–H groups in total. The van der Waals surface area contributed by atoms with Crippen molar-refractivity contribution in [3.63, 3.8) is 0 Å². The van der Waals surface area contributed by atoms with E-state index in [2.05, 4.69) is 9.84 Å². The first-order chi connectivity index (χ1) is 9.67. The van der Waals surface area contributed by atoms with Gasteiger partial charge in [0.2, 0.25) is 0 Å². The summed E-state index contributed by atoms with van der Waals surface area (Å²) in [7, 11) is 0. The Labute approximate surface area is 133 Å². The van der Waals surface area contributed by atoms with Crippen molar-refractivity contribution in [1.29, 1.82) is 0 Å². The molecule has 118 valence electrons. The highest BCUT2D eigenvalue weighted by Crippen LogP contribution is 2.39. The van der Waals surface area contributed by atoms with E-state index in [1.807, 2.05) is 6.92 Å². The van der Waals surface area contributed by atoms with Crippen molar-refractivity contribution in [3.05, 3.63) is 27.7 Å². The summed E-state index contributed by atoms with van der Waals surface area (Å²) in [4.78, 5) is 11.0. The first-order valence-corrected chi connectivity index (χ1v) is 6.53. The Balaban J connectivity index is 0.00000122. The quantitative estimate of drug-likeness (QED) is 0.214. The van der Waals surface area contributed by atoms with Crippen molar-refractivity contribution in [2.75, 3.05) is 5.88 Å². The summed E-state index contributed by atoms with van der Waals surface area (Å²) in [5.41, 5.74) is -1.05. The predicted octanol–water partition coefficient (Wildman–Crippen LogP) is 4.11. The van der Waals surface area contributed by atoms with Crippen molar-refractivity contribution in [1.82, 2.24) is 0 Å². The Morgan fingerprint density at radius 2 is 1.81 bits per heavy atom. The summed E-state index contributed by atoms with van der Waals surface area (Å²) >= 11 is 16.1. The summed E-state index contributed by atoms with van der Waals surface area (Å²) in [6.07, 6.45) is -3.99. The normalized spacial score (nSPS) is 11.0. The van der Waals surface area contributed by atoms with Gasteiger partial charge in [-0.25, -0.2) is 4.79 Å². The zero-order valence-corrected chi connectivity index (χ0v) is 12.8. The summed E-state index contributed by atoms with van der Waals surface area (Å²) in [6, 6.07) is 1.19. The molecule has 1 rings (SSSR count). The third-order valence-corrected chi connectivity index (χ3v) is 2.27. The van der Waals surface area contributed by atoms with Crippen molar-refractivity contribution in [2.24, 2.45) is 10.9 Å². The second-order valence-corrected chi connectivity index (χ2v) is 4.58. The smallest absolute Gasteiger partial charge is 0.416 e. The number of alkyl halides is 4. The molecule has 0 atom stereocenters. The van der Waals surface area contributed by atoms with Gasteiger partial charge in [-0.15, -0.1) is 11.6 Å². The number of nitrogens with two attached hydrogens (primary N) is 1. The van der Waals surface area contributed by atoms with Crippen molar-refractivity contribution in [3.8, 4) is 5.75 Å². The molecular weight excluding hydrogens is 355 g/mol. The van der Waals surface area contributed by atoms with E-state index in [1.54, 1.807) is 0 Å². The van der Waals surface area contributed by atoms with Crippen LogP contribution in [0.1, 0.15) is 12.5 Å². The molecule has 0 unspecified atom stereocenters. The molecule has 21 heavy (non-hydrogen) atoms. The molecule has 4 nitrogen and oxygen atoms in total. The molecule has 0 heterocycles. The molecule has 0 bridgehead atoms. The van der Waals surface area contributed by atoms with Crippen molar-refractivity contribution in [2.45, 2.75) is 13.1 Å². The fraction of sp³-hybridized carbons (Fsp3) is 0.273. The van der Waals surface area contributed by atoms with Gasteiger partial charge in [0.1, 0.15) is 6.21 Å². The topological polar surface area (TPSA) is 64.7 Å². The minimum absolute atomic E-state index is 0.392. The van der Waals surface area contributed by atoms with Crippen LogP contribution >= 0.6 is 34.8 Å². The molecular formula is C11H10Cl3F3N2O2. The molecule has 0 spiro atoms. The van der Waals surface area contributed by atoms with Crippen LogP contribution in [0, 0.1) is 0 Å². The number of esters is 1. The largest absolute Gasteiger partial charge is 0.419 e. The van der Waals surface area contributed by atoms with Crippen LogP contribution in [0.15, 0.2) is 17.2 Å². The Hall–Kier alpha value is -1.18. The lowest BCUT2D eigenvalue weighted by atomic mass is 10.2. The zero-order chi connectivity index (χ0) is 16.6. The fourth-order valence-corrected chi connectivity index (χ4v) is 1.57. The van der Waals surface area contributed by atoms with Crippen LogP contribution in [0.2, 0.25) is 10.0 Å². The van der Waals surface area contributed by atoms with Gasteiger partial charge in [0.15, 0.2) is 5.75 Å². The molecule has 0 radical (unpaired) electrons. The molecule has 0 fully saturated rings. The van der Waals surface area contributed by atoms with Crippen LogP contribution in [-0.4, -0.2) is 18.1 Å². The van der Waals surface area contributed by atoms with Gasteiger partial charge in [-0.05, 0) is 12.1 Å². The van der Waals surface area contributed by atoms with Crippen molar-refractivity contribution >= 4 is 47.0 Å². The van der Waals surface area contributed by atoms with Gasteiger partial charge >= 0.3 is 12.1 Å². The van der Waals surface area contributed by atoms with E-state index in [4.69, 9.17) is 40.6 Å². The van der Waals surface area contributed by atoms with Crippen LogP contribution in [-0.2, 0) is 11.0 Å². The first-order valence-electron chi connectivity index (χ1n) is 5.24. The maximum Gasteiger partial charge on any atom is 0.416 e. The molecule has 0 aliphatic rings. The van der Waals surface area contributed by atoms with E-state index >= 15 is 0 Å². The van der Waals surface area contributed by atoms with E-state index < -0.39 is 33.5 Å².